The lowest BCUT2D eigenvalue weighted by Crippen LogP contribution is -2.14. The maximum Gasteiger partial charge on any atom is 0.258 e. The third-order valence-electron chi connectivity index (χ3n) is 2.86. The first-order chi connectivity index (χ1) is 10.0. The lowest BCUT2D eigenvalue weighted by molar-refractivity contribution is 0.102. The summed E-state index contributed by atoms with van der Waals surface area (Å²) in [6, 6.07) is 10.4. The molecular formula is C15H12ClFN2O2. The first-order valence-electron chi connectivity index (χ1n) is 6.07. The molecule has 21 heavy (non-hydrogen) atoms. The molecule has 0 bridgehead atoms. The van der Waals surface area contributed by atoms with Crippen molar-refractivity contribution in [3.8, 4) is 0 Å². The van der Waals surface area contributed by atoms with Crippen LogP contribution in [-0.4, -0.2) is 16.8 Å². The summed E-state index contributed by atoms with van der Waals surface area (Å²) in [4.78, 5) is 12.0. The minimum atomic E-state index is -0.652. The van der Waals surface area contributed by atoms with Gasteiger partial charge in [-0.05, 0) is 37.3 Å². The van der Waals surface area contributed by atoms with E-state index in [-0.39, 0.29) is 10.6 Å². The number of hydrogen-bond acceptors (Lipinski definition) is 3. The number of amides is 1. The molecule has 4 nitrogen and oxygen atoms in total. The lowest BCUT2D eigenvalue weighted by Gasteiger charge is -2.08. The third-order valence-corrected chi connectivity index (χ3v) is 3.10. The van der Waals surface area contributed by atoms with Crippen molar-refractivity contribution in [1.29, 1.82) is 0 Å². The van der Waals surface area contributed by atoms with E-state index in [9.17, 15) is 9.18 Å². The Hall–Kier alpha value is -2.40. The average Bonchev–Trinajstić information content (AvgIpc) is 2.49. The van der Waals surface area contributed by atoms with Gasteiger partial charge in [-0.1, -0.05) is 28.9 Å². The van der Waals surface area contributed by atoms with Crippen LogP contribution in [0.15, 0.2) is 47.6 Å². The number of rotatable bonds is 3. The van der Waals surface area contributed by atoms with E-state index in [0.717, 1.165) is 6.07 Å². The molecular weight excluding hydrogens is 295 g/mol. The second-order valence-electron chi connectivity index (χ2n) is 4.34. The van der Waals surface area contributed by atoms with Crippen molar-refractivity contribution in [3.05, 3.63) is 64.4 Å². The molecule has 2 aromatic carbocycles. The first kappa shape index (κ1) is 15.0. The van der Waals surface area contributed by atoms with Gasteiger partial charge >= 0.3 is 0 Å². The van der Waals surface area contributed by atoms with Gasteiger partial charge in [-0.15, -0.1) is 0 Å². The number of nitrogens with one attached hydrogen (secondary N) is 1. The molecule has 0 fully saturated rings. The van der Waals surface area contributed by atoms with E-state index in [4.69, 9.17) is 16.8 Å². The number of carbonyl (C=O) groups excluding carboxylic acids is 1. The van der Waals surface area contributed by atoms with Crippen LogP contribution in [0.2, 0.25) is 5.02 Å². The summed E-state index contributed by atoms with van der Waals surface area (Å²) >= 11 is 5.76. The predicted octanol–water partition coefficient (Wildman–Crippen LogP) is 3.93. The highest BCUT2D eigenvalue weighted by Crippen LogP contribution is 2.18. The van der Waals surface area contributed by atoms with Crippen molar-refractivity contribution in [3.63, 3.8) is 0 Å². The second-order valence-corrected chi connectivity index (χ2v) is 4.78. The zero-order valence-electron chi connectivity index (χ0n) is 11.1. The summed E-state index contributed by atoms with van der Waals surface area (Å²) in [6.45, 7) is 1.62. The topological polar surface area (TPSA) is 61.7 Å². The molecule has 0 aliphatic carbocycles. The number of halogens is 2. The van der Waals surface area contributed by atoms with Crippen LogP contribution in [0.4, 0.5) is 10.1 Å². The lowest BCUT2D eigenvalue weighted by atomic mass is 10.1. The normalized spacial score (nSPS) is 11.3. The fraction of sp³-hybridized carbons (Fsp3) is 0.0667. The molecule has 0 aromatic heterocycles. The first-order valence-corrected chi connectivity index (χ1v) is 6.44. The Bertz CT molecular complexity index is 717. The Morgan fingerprint density at radius 3 is 2.76 bits per heavy atom. The standard InChI is InChI=1S/C15H12ClFN2O2/c1-9(19-21)10-3-2-4-12(7-10)18-15(20)13-8-11(16)5-6-14(13)17/h2-8,21H,1H3,(H,18,20)/b19-9+. The molecule has 1 amide bonds. The van der Waals surface area contributed by atoms with Crippen LogP contribution in [-0.2, 0) is 0 Å². The zero-order valence-corrected chi connectivity index (χ0v) is 11.9. The predicted molar refractivity (Wildman–Crippen MR) is 79.8 cm³/mol. The number of anilines is 1. The molecule has 6 heteroatoms. The summed E-state index contributed by atoms with van der Waals surface area (Å²) in [6.07, 6.45) is 0. The van der Waals surface area contributed by atoms with Crippen LogP contribution >= 0.6 is 11.6 Å². The molecule has 0 heterocycles. The van der Waals surface area contributed by atoms with Gasteiger partial charge in [-0.2, -0.15) is 0 Å². The highest BCUT2D eigenvalue weighted by atomic mass is 35.5. The molecule has 0 radical (unpaired) electrons. The van der Waals surface area contributed by atoms with E-state index in [2.05, 4.69) is 10.5 Å². The summed E-state index contributed by atoms with van der Waals surface area (Å²) in [5.41, 5.74) is 1.36. The van der Waals surface area contributed by atoms with Crippen molar-refractivity contribution < 1.29 is 14.4 Å². The SMILES string of the molecule is C/C(=N\O)c1cccc(NC(=O)c2cc(Cl)ccc2F)c1. The van der Waals surface area contributed by atoms with Crippen LogP contribution in [0, 0.1) is 5.82 Å². The number of hydrogen-bond donors (Lipinski definition) is 2. The molecule has 0 saturated carbocycles. The van der Waals surface area contributed by atoms with Crippen LogP contribution < -0.4 is 5.32 Å². The van der Waals surface area contributed by atoms with E-state index in [1.165, 1.54) is 12.1 Å². The Balaban J connectivity index is 2.26. The Kier molecular flexibility index (Phi) is 4.55. The zero-order chi connectivity index (χ0) is 15.4. The molecule has 0 spiro atoms. The molecule has 0 atom stereocenters. The maximum absolute atomic E-state index is 13.6. The minimum absolute atomic E-state index is 0.138. The van der Waals surface area contributed by atoms with Crippen LogP contribution in [0.1, 0.15) is 22.8 Å². The van der Waals surface area contributed by atoms with E-state index < -0.39 is 11.7 Å². The van der Waals surface area contributed by atoms with E-state index >= 15 is 0 Å². The quantitative estimate of drug-likeness (QED) is 0.513. The van der Waals surface area contributed by atoms with Gasteiger partial charge in [0.25, 0.3) is 5.91 Å². The van der Waals surface area contributed by atoms with E-state index in [1.54, 1.807) is 31.2 Å². The third kappa shape index (κ3) is 3.58. The largest absolute Gasteiger partial charge is 0.411 e. The van der Waals surface area contributed by atoms with Crippen molar-refractivity contribution in [2.45, 2.75) is 6.92 Å². The van der Waals surface area contributed by atoms with Gasteiger partial charge < -0.3 is 10.5 Å². The van der Waals surface area contributed by atoms with Crippen molar-refractivity contribution in [2.75, 3.05) is 5.32 Å². The van der Waals surface area contributed by atoms with Gasteiger partial charge in [0.1, 0.15) is 5.82 Å². The molecule has 0 aliphatic rings. The van der Waals surface area contributed by atoms with Gasteiger partial charge in [-0.3, -0.25) is 4.79 Å². The van der Waals surface area contributed by atoms with Crippen molar-refractivity contribution >= 4 is 28.9 Å². The number of oxime groups is 1. The van der Waals surface area contributed by atoms with E-state index in [1.807, 2.05) is 0 Å². The van der Waals surface area contributed by atoms with Gasteiger partial charge in [-0.25, -0.2) is 4.39 Å². The van der Waals surface area contributed by atoms with Crippen LogP contribution in [0.25, 0.3) is 0 Å². The summed E-state index contributed by atoms with van der Waals surface area (Å²) in [5.74, 6) is -1.26. The highest BCUT2D eigenvalue weighted by Gasteiger charge is 2.13. The second kappa shape index (κ2) is 6.37. The smallest absolute Gasteiger partial charge is 0.258 e. The highest BCUT2D eigenvalue weighted by molar-refractivity contribution is 6.31. The number of carbonyl (C=O) groups is 1. The summed E-state index contributed by atoms with van der Waals surface area (Å²) in [7, 11) is 0. The molecule has 0 unspecified atom stereocenters. The average molecular weight is 307 g/mol. The minimum Gasteiger partial charge on any atom is -0.411 e. The molecule has 2 N–H and O–H groups in total. The fourth-order valence-corrected chi connectivity index (χ4v) is 1.92. The molecule has 0 aliphatic heterocycles. The molecule has 2 rings (SSSR count). The Labute approximate surface area is 125 Å². The van der Waals surface area contributed by atoms with Gasteiger partial charge in [0, 0.05) is 16.3 Å². The molecule has 108 valence electrons. The van der Waals surface area contributed by atoms with Gasteiger partial charge in [0.15, 0.2) is 0 Å². The maximum atomic E-state index is 13.6. The van der Waals surface area contributed by atoms with E-state index in [0.29, 0.717) is 17.0 Å². The van der Waals surface area contributed by atoms with Crippen molar-refractivity contribution in [2.24, 2.45) is 5.16 Å². The van der Waals surface area contributed by atoms with Crippen LogP contribution in [0.3, 0.4) is 0 Å². The Morgan fingerprint density at radius 1 is 1.29 bits per heavy atom. The number of benzene rings is 2. The molecule has 0 saturated heterocycles. The van der Waals surface area contributed by atoms with Crippen molar-refractivity contribution in [1.82, 2.24) is 0 Å². The van der Waals surface area contributed by atoms with Gasteiger partial charge in [0.05, 0.1) is 11.3 Å². The fourth-order valence-electron chi connectivity index (χ4n) is 1.75. The van der Waals surface area contributed by atoms with Gasteiger partial charge in [0.2, 0.25) is 0 Å². The Morgan fingerprint density at radius 2 is 2.05 bits per heavy atom. The van der Waals surface area contributed by atoms with Crippen LogP contribution in [0.5, 0.6) is 0 Å². The monoisotopic (exact) mass is 306 g/mol. The summed E-state index contributed by atoms with van der Waals surface area (Å²) < 4.78 is 13.6. The number of nitrogens with zero attached hydrogens (tertiary/aromatic N) is 1. The molecule has 2 aromatic rings. The summed E-state index contributed by atoms with van der Waals surface area (Å²) in [5, 5.41) is 14.7.